The van der Waals surface area contributed by atoms with E-state index in [4.69, 9.17) is 9.90 Å². The molecule has 0 aliphatic carbocycles. The van der Waals surface area contributed by atoms with Crippen LogP contribution in [0.1, 0.15) is 34.1 Å². The van der Waals surface area contributed by atoms with Crippen molar-refractivity contribution in [1.82, 2.24) is 0 Å². The Morgan fingerprint density at radius 1 is 1.33 bits per heavy atom. The van der Waals surface area contributed by atoms with Gasteiger partial charge in [-0.15, -0.1) is 0 Å². The molecule has 2 nitrogen and oxygen atoms in total. The van der Waals surface area contributed by atoms with Gasteiger partial charge in [0.05, 0.1) is 0 Å². The molecule has 69 valence electrons. The number of carbonyl (C=O) groups is 1. The van der Waals surface area contributed by atoms with Gasteiger partial charge >= 0.3 is 5.97 Å². The van der Waals surface area contributed by atoms with Crippen molar-refractivity contribution in [2.75, 3.05) is 0 Å². The van der Waals surface area contributed by atoms with E-state index in [1.54, 1.807) is 0 Å². The lowest BCUT2D eigenvalue weighted by atomic mass is 10.1. The first-order valence-electron chi connectivity index (χ1n) is 3.92. The van der Waals surface area contributed by atoms with Crippen molar-refractivity contribution in [3.05, 3.63) is 23.8 Å². The second-order valence-electron chi connectivity index (χ2n) is 2.66. The van der Waals surface area contributed by atoms with Crippen LogP contribution in [0.25, 0.3) is 0 Å². The van der Waals surface area contributed by atoms with Crippen molar-refractivity contribution in [3.8, 4) is 0 Å². The van der Waals surface area contributed by atoms with Crippen LogP contribution >= 0.6 is 0 Å². The molecule has 0 bridgehead atoms. The predicted octanol–water partition coefficient (Wildman–Crippen LogP) is 2.88. The van der Waals surface area contributed by atoms with E-state index in [9.17, 15) is 0 Å². The molecule has 0 unspecified atom stereocenters. The maximum absolute atomic E-state index is 9.14. The average Bonchev–Trinajstić information content (AvgIpc) is 2.04. The highest BCUT2D eigenvalue weighted by atomic mass is 16.4. The summed E-state index contributed by atoms with van der Waals surface area (Å²) in [4.78, 5) is 9.14. The topological polar surface area (TPSA) is 37.0 Å². The minimum atomic E-state index is -1.23. The molecule has 1 radical (unpaired) electrons. The summed E-state index contributed by atoms with van der Waals surface area (Å²) in [5.74, 6) is -1.23. The Balaban J connectivity index is 0. The highest BCUT2D eigenvalue weighted by Crippen LogP contribution is 2.04. The summed E-state index contributed by atoms with van der Waals surface area (Å²) in [5, 5.41) is 9.14. The standard InChI is InChI=1S/C7H14.C3H3O2/c1-5-7(4)6(2)3;1-2-3(4)5/h5H2,1-4H3;2H,1H2. The fourth-order valence-electron chi connectivity index (χ4n) is 0.354. The lowest BCUT2D eigenvalue weighted by Gasteiger charge is -1.94. The van der Waals surface area contributed by atoms with Crippen molar-refractivity contribution in [3.63, 3.8) is 0 Å². The van der Waals surface area contributed by atoms with Gasteiger partial charge in [-0.25, -0.2) is 9.90 Å². The van der Waals surface area contributed by atoms with Crippen molar-refractivity contribution in [1.29, 1.82) is 0 Å². The van der Waals surface area contributed by atoms with Gasteiger partial charge in [-0.05, 0) is 27.2 Å². The summed E-state index contributed by atoms with van der Waals surface area (Å²) in [6.07, 6.45) is 1.92. The van der Waals surface area contributed by atoms with Crippen LogP contribution < -0.4 is 0 Å². The van der Waals surface area contributed by atoms with E-state index in [1.165, 1.54) is 17.6 Å². The summed E-state index contributed by atoms with van der Waals surface area (Å²) in [6.45, 7) is 11.6. The van der Waals surface area contributed by atoms with E-state index in [0.29, 0.717) is 0 Å². The van der Waals surface area contributed by atoms with Crippen molar-refractivity contribution < 1.29 is 9.90 Å². The fourth-order valence-corrected chi connectivity index (χ4v) is 0.354. The third-order valence-electron chi connectivity index (χ3n) is 1.55. The first kappa shape index (κ1) is 13.5. The molecular weight excluding hydrogens is 152 g/mol. The van der Waals surface area contributed by atoms with Gasteiger partial charge < -0.3 is 0 Å². The van der Waals surface area contributed by atoms with E-state index in [1.807, 2.05) is 0 Å². The normalized spacial score (nSPS) is 7.67. The van der Waals surface area contributed by atoms with Crippen LogP contribution in [0.2, 0.25) is 0 Å². The summed E-state index contributed by atoms with van der Waals surface area (Å²) in [6, 6.07) is 0. The van der Waals surface area contributed by atoms with Gasteiger partial charge in [0.2, 0.25) is 0 Å². The quantitative estimate of drug-likeness (QED) is 0.462. The summed E-state index contributed by atoms with van der Waals surface area (Å²) in [5.41, 5.74) is 2.97. The molecule has 0 N–H and O–H groups in total. The number of rotatable bonds is 2. The molecular formula is C10H17O2. The maximum Gasteiger partial charge on any atom is 0.378 e. The fraction of sp³-hybridized carbons (Fsp3) is 0.500. The van der Waals surface area contributed by atoms with Crippen LogP contribution in [0.5, 0.6) is 0 Å². The Morgan fingerprint density at radius 3 is 1.67 bits per heavy atom. The molecule has 0 amide bonds. The summed E-state index contributed by atoms with van der Waals surface area (Å²) in [7, 11) is 0. The molecule has 0 rings (SSSR count). The smallest absolute Gasteiger partial charge is 0.242 e. The first-order chi connectivity index (χ1) is 5.45. The third-order valence-corrected chi connectivity index (χ3v) is 1.55. The molecule has 0 saturated carbocycles. The van der Waals surface area contributed by atoms with Crippen LogP contribution in [-0.4, -0.2) is 5.97 Å². The number of hydrogen-bond donors (Lipinski definition) is 0. The lowest BCUT2D eigenvalue weighted by Crippen LogP contribution is -1.78. The van der Waals surface area contributed by atoms with E-state index >= 15 is 0 Å². The van der Waals surface area contributed by atoms with Gasteiger partial charge in [-0.3, -0.25) is 0 Å². The van der Waals surface area contributed by atoms with Gasteiger partial charge in [-0.1, -0.05) is 24.6 Å². The molecule has 0 fully saturated rings. The first-order valence-corrected chi connectivity index (χ1v) is 3.92. The minimum absolute atomic E-state index is 0.722. The summed E-state index contributed by atoms with van der Waals surface area (Å²) >= 11 is 0. The lowest BCUT2D eigenvalue weighted by molar-refractivity contribution is -0.137. The van der Waals surface area contributed by atoms with E-state index in [0.717, 1.165) is 6.08 Å². The molecule has 0 aliphatic rings. The molecule has 12 heavy (non-hydrogen) atoms. The zero-order valence-corrected chi connectivity index (χ0v) is 8.31. The van der Waals surface area contributed by atoms with Gasteiger partial charge in [-0.2, -0.15) is 0 Å². The van der Waals surface area contributed by atoms with E-state index in [-0.39, 0.29) is 0 Å². The van der Waals surface area contributed by atoms with Gasteiger partial charge in [0.15, 0.2) is 0 Å². The number of allylic oxidation sites excluding steroid dienone is 2. The Labute approximate surface area is 74.6 Å². The minimum Gasteiger partial charge on any atom is -0.242 e. The van der Waals surface area contributed by atoms with Crippen molar-refractivity contribution in [2.24, 2.45) is 0 Å². The largest absolute Gasteiger partial charge is 0.378 e. The molecule has 0 aromatic rings. The predicted molar refractivity (Wildman–Crippen MR) is 50.2 cm³/mol. The highest BCUT2D eigenvalue weighted by molar-refractivity contribution is 5.78. The SMILES string of the molecule is C=CC([O])=O.CCC(C)=C(C)C. The van der Waals surface area contributed by atoms with Crippen LogP contribution in [0.3, 0.4) is 0 Å². The van der Waals surface area contributed by atoms with Crippen LogP contribution in [0, 0.1) is 0 Å². The Bertz CT molecular complexity index is 174. The van der Waals surface area contributed by atoms with E-state index < -0.39 is 5.97 Å². The average molecular weight is 169 g/mol. The highest BCUT2D eigenvalue weighted by Gasteiger charge is 1.83. The molecule has 0 spiro atoms. The van der Waals surface area contributed by atoms with Crippen LogP contribution in [0.4, 0.5) is 0 Å². The molecule has 0 aliphatic heterocycles. The zero-order valence-electron chi connectivity index (χ0n) is 8.31. The molecule has 0 saturated heterocycles. The Morgan fingerprint density at radius 2 is 1.67 bits per heavy atom. The van der Waals surface area contributed by atoms with Crippen molar-refractivity contribution in [2.45, 2.75) is 34.1 Å². The number of carbonyl (C=O) groups excluding carboxylic acids is 1. The zero-order chi connectivity index (χ0) is 10.1. The molecule has 0 heterocycles. The summed E-state index contributed by atoms with van der Waals surface area (Å²) < 4.78 is 0. The van der Waals surface area contributed by atoms with Crippen molar-refractivity contribution >= 4 is 5.97 Å². The molecule has 0 atom stereocenters. The van der Waals surface area contributed by atoms with Gasteiger partial charge in [0, 0.05) is 6.08 Å². The van der Waals surface area contributed by atoms with Crippen LogP contribution in [0.15, 0.2) is 23.8 Å². The second-order valence-corrected chi connectivity index (χ2v) is 2.66. The maximum atomic E-state index is 9.14. The molecule has 2 heteroatoms. The number of hydrogen-bond acceptors (Lipinski definition) is 1. The molecule has 0 aromatic carbocycles. The Hall–Kier alpha value is -1.05. The second kappa shape index (κ2) is 8.05. The van der Waals surface area contributed by atoms with Gasteiger partial charge in [0.25, 0.3) is 0 Å². The van der Waals surface area contributed by atoms with Crippen LogP contribution in [-0.2, 0) is 9.90 Å². The van der Waals surface area contributed by atoms with E-state index in [2.05, 4.69) is 34.3 Å². The monoisotopic (exact) mass is 169 g/mol. The molecule has 0 aromatic heterocycles. The Kier molecular flexibility index (Phi) is 9.08. The van der Waals surface area contributed by atoms with Gasteiger partial charge in [0.1, 0.15) is 0 Å². The third kappa shape index (κ3) is 11.7.